The molecule has 1 rings (SSSR count). The average molecular weight is 267 g/mol. The smallest absolute Gasteiger partial charge is 0.319 e. The number of aryl methyl sites for hydroxylation is 2. The second-order valence-electron chi connectivity index (χ2n) is 4.60. The first kappa shape index (κ1) is 15.2. The number of urea groups is 1. The number of hydrogen-bond donors (Lipinski definition) is 3. The van der Waals surface area contributed by atoms with Gasteiger partial charge < -0.3 is 20.3 Å². The van der Waals surface area contributed by atoms with Gasteiger partial charge in [-0.25, -0.2) is 4.79 Å². The Bertz CT molecular complexity index is 496. The minimum Gasteiger partial charge on any atom is -0.391 e. The molecular formula is C13H21N3O3. The van der Waals surface area contributed by atoms with Gasteiger partial charge in [0.05, 0.1) is 11.8 Å². The Kier molecular flexibility index (Phi) is 5.57. The number of aliphatic hydroxyl groups excluding tert-OH is 1. The summed E-state index contributed by atoms with van der Waals surface area (Å²) in [7, 11) is 1.62. The maximum absolute atomic E-state index is 11.6. The molecule has 0 aromatic carbocycles. The van der Waals surface area contributed by atoms with Crippen molar-refractivity contribution in [1.82, 2.24) is 9.88 Å². The van der Waals surface area contributed by atoms with E-state index in [1.54, 1.807) is 20.2 Å². The van der Waals surface area contributed by atoms with Crippen molar-refractivity contribution in [3.63, 3.8) is 0 Å². The summed E-state index contributed by atoms with van der Waals surface area (Å²) < 4.78 is 1.40. The average Bonchev–Trinajstić information content (AvgIpc) is 2.34. The van der Waals surface area contributed by atoms with Crippen LogP contribution in [0.4, 0.5) is 10.5 Å². The third-order valence-electron chi connectivity index (χ3n) is 2.80. The van der Waals surface area contributed by atoms with Crippen molar-refractivity contribution in [2.24, 2.45) is 7.05 Å². The third-order valence-corrected chi connectivity index (χ3v) is 2.80. The molecule has 0 fully saturated rings. The lowest BCUT2D eigenvalue weighted by molar-refractivity contribution is 0.162. The standard InChI is InChI=1S/C13H21N3O3/c1-4-5-10(17)7-14-13(19)15-11-8-16(3)12(18)6-9(11)2/h6,8,10,17H,4-5,7H2,1-3H3,(H2,14,15,19). The van der Waals surface area contributed by atoms with E-state index in [4.69, 9.17) is 0 Å². The Hall–Kier alpha value is -1.82. The van der Waals surface area contributed by atoms with Gasteiger partial charge in [0, 0.05) is 25.9 Å². The first-order valence-corrected chi connectivity index (χ1v) is 6.34. The van der Waals surface area contributed by atoms with E-state index >= 15 is 0 Å². The van der Waals surface area contributed by atoms with Crippen molar-refractivity contribution in [3.8, 4) is 0 Å². The molecule has 1 heterocycles. The van der Waals surface area contributed by atoms with Crippen LogP contribution in [0.5, 0.6) is 0 Å². The molecule has 0 aliphatic rings. The van der Waals surface area contributed by atoms with E-state index in [-0.39, 0.29) is 12.1 Å². The Labute approximate surface area is 112 Å². The van der Waals surface area contributed by atoms with Gasteiger partial charge in [-0.15, -0.1) is 0 Å². The largest absolute Gasteiger partial charge is 0.391 e. The monoisotopic (exact) mass is 267 g/mol. The van der Waals surface area contributed by atoms with E-state index in [2.05, 4.69) is 10.6 Å². The van der Waals surface area contributed by atoms with Crippen LogP contribution in [0.15, 0.2) is 17.1 Å². The number of hydrogen-bond acceptors (Lipinski definition) is 3. The molecule has 0 radical (unpaired) electrons. The van der Waals surface area contributed by atoms with Crippen LogP contribution in [-0.2, 0) is 7.05 Å². The van der Waals surface area contributed by atoms with Gasteiger partial charge in [0.1, 0.15) is 0 Å². The topological polar surface area (TPSA) is 83.4 Å². The lowest BCUT2D eigenvalue weighted by Crippen LogP contribution is -2.35. The maximum Gasteiger partial charge on any atom is 0.319 e. The van der Waals surface area contributed by atoms with E-state index in [0.29, 0.717) is 17.7 Å². The molecule has 0 saturated carbocycles. The third kappa shape index (κ3) is 4.75. The van der Waals surface area contributed by atoms with E-state index in [0.717, 1.165) is 6.42 Å². The molecule has 0 spiro atoms. The molecule has 1 aromatic rings. The number of anilines is 1. The van der Waals surface area contributed by atoms with Gasteiger partial charge in [-0.05, 0) is 18.9 Å². The predicted molar refractivity (Wildman–Crippen MR) is 74.4 cm³/mol. The predicted octanol–water partition coefficient (Wildman–Crippen LogP) is 0.976. The van der Waals surface area contributed by atoms with Gasteiger partial charge in [0.15, 0.2) is 0 Å². The fourth-order valence-corrected chi connectivity index (χ4v) is 1.67. The summed E-state index contributed by atoms with van der Waals surface area (Å²) in [5, 5.41) is 14.8. The van der Waals surface area contributed by atoms with Gasteiger partial charge in [-0.3, -0.25) is 4.79 Å². The zero-order valence-electron chi connectivity index (χ0n) is 11.6. The highest BCUT2D eigenvalue weighted by molar-refractivity contribution is 5.89. The van der Waals surface area contributed by atoms with Crippen LogP contribution < -0.4 is 16.2 Å². The summed E-state index contributed by atoms with van der Waals surface area (Å²) >= 11 is 0. The van der Waals surface area contributed by atoms with E-state index in [1.165, 1.54) is 10.6 Å². The number of aromatic nitrogens is 1. The van der Waals surface area contributed by atoms with Gasteiger partial charge in [0.25, 0.3) is 5.56 Å². The summed E-state index contributed by atoms with van der Waals surface area (Å²) in [5.74, 6) is 0. The fraction of sp³-hybridized carbons (Fsp3) is 0.538. The summed E-state index contributed by atoms with van der Waals surface area (Å²) in [4.78, 5) is 23.0. The Morgan fingerprint density at radius 3 is 2.84 bits per heavy atom. The van der Waals surface area contributed by atoms with E-state index in [1.807, 2.05) is 6.92 Å². The van der Waals surface area contributed by atoms with E-state index in [9.17, 15) is 14.7 Å². The summed E-state index contributed by atoms with van der Waals surface area (Å²) in [6, 6.07) is 1.07. The van der Waals surface area contributed by atoms with Crippen molar-refractivity contribution < 1.29 is 9.90 Å². The maximum atomic E-state index is 11.6. The van der Waals surface area contributed by atoms with Crippen molar-refractivity contribution in [1.29, 1.82) is 0 Å². The van der Waals surface area contributed by atoms with Crippen LogP contribution >= 0.6 is 0 Å². The van der Waals surface area contributed by atoms with Crippen molar-refractivity contribution in [2.45, 2.75) is 32.8 Å². The van der Waals surface area contributed by atoms with Crippen molar-refractivity contribution in [3.05, 3.63) is 28.2 Å². The second kappa shape index (κ2) is 6.94. The van der Waals surface area contributed by atoms with Crippen LogP contribution in [0.25, 0.3) is 0 Å². The molecule has 3 N–H and O–H groups in total. The normalized spacial score (nSPS) is 12.0. The molecule has 1 unspecified atom stereocenters. The molecular weight excluding hydrogens is 246 g/mol. The minimum absolute atomic E-state index is 0.123. The number of nitrogens with zero attached hydrogens (tertiary/aromatic N) is 1. The highest BCUT2D eigenvalue weighted by Crippen LogP contribution is 2.10. The Balaban J connectivity index is 2.58. The fourth-order valence-electron chi connectivity index (χ4n) is 1.67. The van der Waals surface area contributed by atoms with Crippen molar-refractivity contribution in [2.75, 3.05) is 11.9 Å². The van der Waals surface area contributed by atoms with Crippen LogP contribution in [0, 0.1) is 6.92 Å². The number of pyridine rings is 1. The molecule has 6 nitrogen and oxygen atoms in total. The number of nitrogens with one attached hydrogen (secondary N) is 2. The lowest BCUT2D eigenvalue weighted by atomic mass is 10.2. The highest BCUT2D eigenvalue weighted by atomic mass is 16.3. The first-order chi connectivity index (χ1) is 8.93. The Morgan fingerprint density at radius 1 is 1.53 bits per heavy atom. The molecule has 2 amide bonds. The molecule has 6 heteroatoms. The molecule has 0 saturated heterocycles. The molecule has 0 aliphatic carbocycles. The minimum atomic E-state index is -0.531. The lowest BCUT2D eigenvalue weighted by Gasteiger charge is -2.13. The van der Waals surface area contributed by atoms with Crippen LogP contribution in [0.3, 0.4) is 0 Å². The quantitative estimate of drug-likeness (QED) is 0.743. The second-order valence-corrected chi connectivity index (χ2v) is 4.60. The summed E-state index contributed by atoms with van der Waals surface area (Å²) in [6.07, 6.45) is 2.56. The number of aliphatic hydroxyl groups is 1. The number of amides is 2. The zero-order chi connectivity index (χ0) is 14.4. The highest BCUT2D eigenvalue weighted by Gasteiger charge is 2.08. The Morgan fingerprint density at radius 2 is 2.21 bits per heavy atom. The molecule has 19 heavy (non-hydrogen) atoms. The molecule has 1 atom stereocenters. The summed E-state index contributed by atoms with van der Waals surface area (Å²) in [5.41, 5.74) is 1.15. The van der Waals surface area contributed by atoms with Crippen LogP contribution in [0.2, 0.25) is 0 Å². The van der Waals surface area contributed by atoms with Crippen molar-refractivity contribution >= 4 is 11.7 Å². The van der Waals surface area contributed by atoms with E-state index < -0.39 is 12.1 Å². The number of carbonyl (C=O) groups excluding carboxylic acids is 1. The first-order valence-electron chi connectivity index (χ1n) is 6.34. The molecule has 0 bridgehead atoms. The molecule has 106 valence electrons. The molecule has 0 aliphatic heterocycles. The van der Waals surface area contributed by atoms with Gasteiger partial charge in [-0.1, -0.05) is 13.3 Å². The van der Waals surface area contributed by atoms with Gasteiger partial charge in [-0.2, -0.15) is 0 Å². The number of rotatable bonds is 5. The number of carbonyl (C=O) groups is 1. The van der Waals surface area contributed by atoms with Gasteiger partial charge in [0.2, 0.25) is 0 Å². The SMILES string of the molecule is CCCC(O)CNC(=O)Nc1cn(C)c(=O)cc1C. The van der Waals surface area contributed by atoms with Crippen LogP contribution in [-0.4, -0.2) is 28.4 Å². The van der Waals surface area contributed by atoms with Crippen LogP contribution in [0.1, 0.15) is 25.3 Å². The van der Waals surface area contributed by atoms with Gasteiger partial charge >= 0.3 is 6.03 Å². The molecule has 1 aromatic heterocycles. The zero-order valence-corrected chi connectivity index (χ0v) is 11.6. The summed E-state index contributed by atoms with van der Waals surface area (Å²) in [6.45, 7) is 3.94.